The monoisotopic (exact) mass is 307 g/mol. The molecule has 0 aromatic heterocycles. The first kappa shape index (κ1) is 15.5. The van der Waals surface area contributed by atoms with Gasteiger partial charge in [-0.1, -0.05) is 6.07 Å². The predicted octanol–water partition coefficient (Wildman–Crippen LogP) is 0.616. The number of nitriles is 1. The van der Waals surface area contributed by atoms with Crippen LogP contribution in [0.25, 0.3) is 0 Å². The summed E-state index contributed by atoms with van der Waals surface area (Å²) in [6.07, 6.45) is 0.566. The van der Waals surface area contributed by atoms with E-state index in [0.717, 1.165) is 0 Å². The highest BCUT2D eigenvalue weighted by Gasteiger charge is 2.31. The van der Waals surface area contributed by atoms with E-state index in [2.05, 4.69) is 5.32 Å². The molecule has 1 aliphatic rings. The molecular formula is C14H17N3O3S. The zero-order chi connectivity index (χ0) is 15.5. The maximum absolute atomic E-state index is 12.0. The van der Waals surface area contributed by atoms with Gasteiger partial charge in [0.1, 0.15) is 0 Å². The van der Waals surface area contributed by atoms with Crippen LogP contribution in [0.5, 0.6) is 0 Å². The molecule has 21 heavy (non-hydrogen) atoms. The average molecular weight is 307 g/mol. The number of sulfone groups is 1. The largest absolute Gasteiger partial charge is 0.325 e. The van der Waals surface area contributed by atoms with Crippen LogP contribution in [0.4, 0.5) is 5.69 Å². The third-order valence-corrected chi connectivity index (χ3v) is 5.25. The molecule has 1 saturated heterocycles. The second kappa shape index (κ2) is 6.24. The van der Waals surface area contributed by atoms with Crippen molar-refractivity contribution >= 4 is 21.4 Å². The third-order valence-electron chi connectivity index (χ3n) is 3.50. The van der Waals surface area contributed by atoms with Gasteiger partial charge in [0, 0.05) is 11.7 Å². The Morgan fingerprint density at radius 3 is 2.90 bits per heavy atom. The molecule has 1 N–H and O–H groups in total. The van der Waals surface area contributed by atoms with Gasteiger partial charge in [-0.15, -0.1) is 0 Å². The van der Waals surface area contributed by atoms with Crippen molar-refractivity contribution in [3.8, 4) is 6.07 Å². The first-order valence-corrected chi connectivity index (χ1v) is 8.42. The molecule has 1 aromatic carbocycles. The molecule has 1 aliphatic heterocycles. The number of nitrogens with zero attached hydrogens (tertiary/aromatic N) is 2. The molecule has 0 saturated carbocycles. The smallest absolute Gasteiger partial charge is 0.238 e. The maximum atomic E-state index is 12.0. The van der Waals surface area contributed by atoms with Gasteiger partial charge in [-0.05, 0) is 31.7 Å². The van der Waals surface area contributed by atoms with Crippen LogP contribution in [-0.4, -0.2) is 50.4 Å². The normalized spacial score (nSPS) is 20.1. The van der Waals surface area contributed by atoms with Crippen LogP contribution >= 0.6 is 0 Å². The van der Waals surface area contributed by atoms with Gasteiger partial charge in [0.2, 0.25) is 5.91 Å². The van der Waals surface area contributed by atoms with Crippen LogP contribution in [0.1, 0.15) is 12.0 Å². The minimum atomic E-state index is -2.95. The van der Waals surface area contributed by atoms with Crippen molar-refractivity contribution in [2.45, 2.75) is 12.5 Å². The summed E-state index contributed by atoms with van der Waals surface area (Å²) in [6, 6.07) is 8.56. The summed E-state index contributed by atoms with van der Waals surface area (Å²) in [4.78, 5) is 13.7. The van der Waals surface area contributed by atoms with Crippen molar-refractivity contribution in [1.82, 2.24) is 4.90 Å². The summed E-state index contributed by atoms with van der Waals surface area (Å²) in [5, 5.41) is 11.5. The summed E-state index contributed by atoms with van der Waals surface area (Å²) < 4.78 is 22.9. The molecule has 6 nitrogen and oxygen atoms in total. The summed E-state index contributed by atoms with van der Waals surface area (Å²) in [5.74, 6) is 0.0750. The molecule has 2 rings (SSSR count). The van der Waals surface area contributed by atoms with Crippen LogP contribution in [0.15, 0.2) is 24.3 Å². The van der Waals surface area contributed by atoms with Crippen LogP contribution in [0, 0.1) is 11.3 Å². The average Bonchev–Trinajstić information content (AvgIpc) is 2.79. The number of benzene rings is 1. The second-order valence-corrected chi connectivity index (χ2v) is 7.44. The lowest BCUT2D eigenvalue weighted by atomic mass is 10.2. The van der Waals surface area contributed by atoms with Gasteiger partial charge in [-0.2, -0.15) is 5.26 Å². The molecule has 1 amide bonds. The molecule has 0 radical (unpaired) electrons. The Morgan fingerprint density at radius 1 is 1.52 bits per heavy atom. The van der Waals surface area contributed by atoms with E-state index in [1.165, 1.54) is 0 Å². The molecule has 112 valence electrons. The second-order valence-electron chi connectivity index (χ2n) is 5.21. The number of carbonyl (C=O) groups excluding carboxylic acids is 1. The minimum Gasteiger partial charge on any atom is -0.325 e. The van der Waals surface area contributed by atoms with Crippen molar-refractivity contribution in [2.75, 3.05) is 30.4 Å². The van der Waals surface area contributed by atoms with E-state index < -0.39 is 9.84 Å². The van der Waals surface area contributed by atoms with Crippen LogP contribution < -0.4 is 5.32 Å². The molecule has 0 bridgehead atoms. The molecule has 0 aliphatic carbocycles. The topological polar surface area (TPSA) is 90.3 Å². The lowest BCUT2D eigenvalue weighted by Crippen LogP contribution is -2.38. The third kappa shape index (κ3) is 4.28. The summed E-state index contributed by atoms with van der Waals surface area (Å²) >= 11 is 0. The number of likely N-dealkylation sites (N-methyl/N-ethyl adjacent to an activating group) is 1. The zero-order valence-electron chi connectivity index (χ0n) is 11.7. The molecular weight excluding hydrogens is 290 g/mol. The standard InChI is InChI=1S/C14H17N3O3S/c1-17(13-5-6-21(19,20)10-13)9-14(18)16-12-4-2-3-11(7-12)8-15/h2-4,7,13H,5-6,9-10H2,1H3,(H,16,18). The van der Waals surface area contributed by atoms with Crippen molar-refractivity contribution in [1.29, 1.82) is 5.26 Å². The molecule has 1 aromatic rings. The van der Waals surface area contributed by atoms with E-state index >= 15 is 0 Å². The lowest BCUT2D eigenvalue weighted by Gasteiger charge is -2.22. The quantitative estimate of drug-likeness (QED) is 0.880. The molecule has 1 unspecified atom stereocenters. The fourth-order valence-electron chi connectivity index (χ4n) is 2.35. The van der Waals surface area contributed by atoms with E-state index in [0.29, 0.717) is 17.7 Å². The molecule has 0 spiro atoms. The Labute approximate surface area is 124 Å². The molecule has 1 atom stereocenters. The summed E-state index contributed by atoms with van der Waals surface area (Å²) in [6.45, 7) is 0.122. The fourth-order valence-corrected chi connectivity index (χ4v) is 4.15. The summed E-state index contributed by atoms with van der Waals surface area (Å²) in [5.41, 5.74) is 1.04. The summed E-state index contributed by atoms with van der Waals surface area (Å²) in [7, 11) is -1.21. The van der Waals surface area contributed by atoms with Crippen molar-refractivity contribution in [3.63, 3.8) is 0 Å². The van der Waals surface area contributed by atoms with E-state index in [-0.39, 0.29) is 30.0 Å². The number of anilines is 1. The van der Waals surface area contributed by atoms with Gasteiger partial charge in [0.05, 0.1) is 29.7 Å². The highest BCUT2D eigenvalue weighted by atomic mass is 32.2. The van der Waals surface area contributed by atoms with Crippen LogP contribution in [0.3, 0.4) is 0 Å². The number of rotatable bonds is 4. The van der Waals surface area contributed by atoms with Crippen LogP contribution in [0.2, 0.25) is 0 Å². The van der Waals surface area contributed by atoms with E-state index in [9.17, 15) is 13.2 Å². The number of nitrogens with one attached hydrogen (secondary N) is 1. The van der Waals surface area contributed by atoms with Crippen LogP contribution in [-0.2, 0) is 14.6 Å². The number of carbonyl (C=O) groups is 1. The predicted molar refractivity (Wildman–Crippen MR) is 79.5 cm³/mol. The first-order chi connectivity index (χ1) is 9.89. The lowest BCUT2D eigenvalue weighted by molar-refractivity contribution is -0.117. The Balaban J connectivity index is 1.91. The van der Waals surface area contributed by atoms with E-state index in [4.69, 9.17) is 5.26 Å². The highest BCUT2D eigenvalue weighted by molar-refractivity contribution is 7.91. The minimum absolute atomic E-state index is 0.105. The number of hydrogen-bond acceptors (Lipinski definition) is 5. The van der Waals surface area contributed by atoms with E-state index in [1.807, 2.05) is 6.07 Å². The van der Waals surface area contributed by atoms with Gasteiger partial charge in [-0.3, -0.25) is 9.69 Å². The van der Waals surface area contributed by atoms with Crippen molar-refractivity contribution in [2.24, 2.45) is 0 Å². The Morgan fingerprint density at radius 2 is 2.29 bits per heavy atom. The number of hydrogen-bond donors (Lipinski definition) is 1. The number of amides is 1. The van der Waals surface area contributed by atoms with Gasteiger partial charge < -0.3 is 5.32 Å². The molecule has 1 fully saturated rings. The first-order valence-electron chi connectivity index (χ1n) is 6.60. The Hall–Kier alpha value is -1.91. The fraction of sp³-hybridized carbons (Fsp3) is 0.429. The van der Waals surface area contributed by atoms with Gasteiger partial charge in [0.25, 0.3) is 0 Å². The van der Waals surface area contributed by atoms with E-state index in [1.54, 1.807) is 36.2 Å². The van der Waals surface area contributed by atoms with Gasteiger partial charge >= 0.3 is 0 Å². The molecule has 1 heterocycles. The maximum Gasteiger partial charge on any atom is 0.238 e. The van der Waals surface area contributed by atoms with Gasteiger partial charge in [-0.25, -0.2) is 8.42 Å². The van der Waals surface area contributed by atoms with Crippen molar-refractivity contribution in [3.05, 3.63) is 29.8 Å². The molecule has 7 heteroatoms. The highest BCUT2D eigenvalue weighted by Crippen LogP contribution is 2.16. The SMILES string of the molecule is CN(CC(=O)Nc1cccc(C#N)c1)C1CCS(=O)(=O)C1. The van der Waals surface area contributed by atoms with Gasteiger partial charge in [0.15, 0.2) is 9.84 Å². The van der Waals surface area contributed by atoms with Crippen molar-refractivity contribution < 1.29 is 13.2 Å². The Kier molecular flexibility index (Phi) is 4.60. The Bertz CT molecular complexity index is 679. The zero-order valence-corrected chi connectivity index (χ0v) is 12.6.